The minimum atomic E-state index is -1.05. The molecule has 7 heteroatoms. The van der Waals surface area contributed by atoms with Crippen LogP contribution >= 0.6 is 0 Å². The SMILES string of the molecule is O=C(O)C1c2ccoc2CCN1C(=O)NC[C@@H]1C[C@H]1c1ccco1. The molecule has 1 fully saturated rings. The Labute approximate surface area is 138 Å². The van der Waals surface area contributed by atoms with Crippen LogP contribution in [0.5, 0.6) is 0 Å². The number of fused-ring (bicyclic) bond motifs is 1. The molecule has 1 saturated carbocycles. The summed E-state index contributed by atoms with van der Waals surface area (Å²) in [5.74, 6) is 1.23. The van der Waals surface area contributed by atoms with Crippen LogP contribution in [-0.2, 0) is 11.2 Å². The molecule has 2 aromatic heterocycles. The van der Waals surface area contributed by atoms with Gasteiger partial charge in [0.05, 0.1) is 12.5 Å². The first kappa shape index (κ1) is 14.9. The minimum Gasteiger partial charge on any atom is -0.479 e. The molecule has 2 N–H and O–H groups in total. The second-order valence-electron chi connectivity index (χ2n) is 6.29. The Morgan fingerprint density at radius 2 is 2.17 bits per heavy atom. The summed E-state index contributed by atoms with van der Waals surface area (Å²) >= 11 is 0. The van der Waals surface area contributed by atoms with E-state index in [1.807, 2.05) is 12.1 Å². The summed E-state index contributed by atoms with van der Waals surface area (Å²) in [6, 6.07) is 4.09. The van der Waals surface area contributed by atoms with Gasteiger partial charge in [-0.1, -0.05) is 0 Å². The van der Waals surface area contributed by atoms with Gasteiger partial charge in [-0.2, -0.15) is 0 Å². The van der Waals surface area contributed by atoms with Gasteiger partial charge in [0.1, 0.15) is 11.5 Å². The Kier molecular flexibility index (Phi) is 3.55. The van der Waals surface area contributed by atoms with Crippen molar-refractivity contribution in [3.05, 3.63) is 47.8 Å². The van der Waals surface area contributed by atoms with E-state index in [-0.39, 0.29) is 6.03 Å². The summed E-state index contributed by atoms with van der Waals surface area (Å²) in [4.78, 5) is 25.4. The van der Waals surface area contributed by atoms with Gasteiger partial charge in [0, 0.05) is 31.0 Å². The summed E-state index contributed by atoms with van der Waals surface area (Å²) in [7, 11) is 0. The lowest BCUT2D eigenvalue weighted by Gasteiger charge is -2.32. The molecule has 0 bridgehead atoms. The second-order valence-corrected chi connectivity index (χ2v) is 6.29. The van der Waals surface area contributed by atoms with Gasteiger partial charge in [-0.15, -0.1) is 0 Å². The van der Waals surface area contributed by atoms with E-state index >= 15 is 0 Å². The van der Waals surface area contributed by atoms with Crippen molar-refractivity contribution < 1.29 is 23.5 Å². The zero-order valence-corrected chi connectivity index (χ0v) is 13.0. The molecular weight excluding hydrogens is 312 g/mol. The molecule has 2 amide bonds. The van der Waals surface area contributed by atoms with E-state index in [1.165, 1.54) is 11.2 Å². The summed E-state index contributed by atoms with van der Waals surface area (Å²) < 4.78 is 10.7. The van der Waals surface area contributed by atoms with E-state index in [0.29, 0.717) is 42.7 Å². The Balaban J connectivity index is 1.39. The average molecular weight is 330 g/mol. The Hall–Kier alpha value is -2.70. The van der Waals surface area contributed by atoms with Gasteiger partial charge in [0.15, 0.2) is 6.04 Å². The molecule has 1 unspecified atom stereocenters. The lowest BCUT2D eigenvalue weighted by Crippen LogP contribution is -2.48. The predicted octanol–water partition coefficient (Wildman–Crippen LogP) is 2.37. The Morgan fingerprint density at radius 1 is 1.29 bits per heavy atom. The average Bonchev–Trinajstić information content (AvgIpc) is 2.99. The summed E-state index contributed by atoms with van der Waals surface area (Å²) in [5.41, 5.74) is 0.559. The third-order valence-electron chi connectivity index (χ3n) is 4.81. The van der Waals surface area contributed by atoms with Crippen molar-refractivity contribution in [3.8, 4) is 0 Å². The van der Waals surface area contributed by atoms with Gasteiger partial charge in [-0.05, 0) is 30.5 Å². The number of nitrogens with zero attached hydrogens (tertiary/aromatic N) is 1. The molecule has 24 heavy (non-hydrogen) atoms. The maximum atomic E-state index is 12.5. The number of nitrogens with one attached hydrogen (secondary N) is 1. The Bertz CT molecular complexity index is 751. The molecule has 1 aliphatic carbocycles. The number of rotatable bonds is 4. The van der Waals surface area contributed by atoms with Crippen molar-refractivity contribution in [3.63, 3.8) is 0 Å². The van der Waals surface area contributed by atoms with Crippen LogP contribution < -0.4 is 5.32 Å². The maximum absolute atomic E-state index is 12.5. The predicted molar refractivity (Wildman–Crippen MR) is 82.4 cm³/mol. The number of carboxylic acids is 1. The number of carbonyl (C=O) groups is 2. The maximum Gasteiger partial charge on any atom is 0.331 e. The monoisotopic (exact) mass is 330 g/mol. The van der Waals surface area contributed by atoms with Crippen LogP contribution in [0.15, 0.2) is 39.6 Å². The van der Waals surface area contributed by atoms with E-state index in [9.17, 15) is 14.7 Å². The topological polar surface area (TPSA) is 95.9 Å². The first-order valence-corrected chi connectivity index (χ1v) is 8.02. The van der Waals surface area contributed by atoms with E-state index < -0.39 is 12.0 Å². The van der Waals surface area contributed by atoms with Crippen LogP contribution in [0.4, 0.5) is 4.79 Å². The Morgan fingerprint density at radius 3 is 2.92 bits per heavy atom. The van der Waals surface area contributed by atoms with Crippen molar-refractivity contribution >= 4 is 12.0 Å². The zero-order valence-electron chi connectivity index (χ0n) is 13.0. The van der Waals surface area contributed by atoms with Crippen LogP contribution in [-0.4, -0.2) is 35.1 Å². The van der Waals surface area contributed by atoms with Crippen LogP contribution in [0.2, 0.25) is 0 Å². The first-order chi connectivity index (χ1) is 11.6. The highest BCUT2D eigenvalue weighted by atomic mass is 16.4. The molecule has 0 radical (unpaired) electrons. The van der Waals surface area contributed by atoms with Gasteiger partial charge in [-0.25, -0.2) is 9.59 Å². The fourth-order valence-electron chi connectivity index (χ4n) is 3.45. The van der Waals surface area contributed by atoms with Crippen LogP contribution in [0.3, 0.4) is 0 Å². The van der Waals surface area contributed by atoms with Gasteiger partial charge in [0.2, 0.25) is 0 Å². The molecule has 3 heterocycles. The fourth-order valence-corrected chi connectivity index (χ4v) is 3.45. The minimum absolute atomic E-state index is 0.329. The second kappa shape index (κ2) is 5.74. The van der Waals surface area contributed by atoms with Gasteiger partial charge >= 0.3 is 12.0 Å². The highest BCUT2D eigenvalue weighted by Crippen LogP contribution is 2.47. The van der Waals surface area contributed by atoms with Gasteiger partial charge < -0.3 is 24.2 Å². The smallest absolute Gasteiger partial charge is 0.331 e. The molecule has 2 aliphatic rings. The molecule has 2 aromatic rings. The number of hydrogen-bond donors (Lipinski definition) is 2. The standard InChI is InChI=1S/C17H18N2O5/c20-16(21)15-11-4-7-24-14(11)3-5-19(15)17(22)18-9-10-8-12(10)13-2-1-6-23-13/h1-2,4,6-7,10,12,15H,3,5,8-9H2,(H,18,22)(H,20,21)/t10-,12+,15?/m0/s1. The highest BCUT2D eigenvalue weighted by molar-refractivity contribution is 5.84. The largest absolute Gasteiger partial charge is 0.479 e. The van der Waals surface area contributed by atoms with Crippen molar-refractivity contribution in [1.29, 1.82) is 0 Å². The summed E-state index contributed by atoms with van der Waals surface area (Å²) in [6.45, 7) is 0.848. The van der Waals surface area contributed by atoms with Crippen LogP contribution in [0, 0.1) is 5.92 Å². The summed E-state index contributed by atoms with van der Waals surface area (Å²) in [5, 5.41) is 12.4. The van der Waals surface area contributed by atoms with Crippen molar-refractivity contribution in [2.75, 3.05) is 13.1 Å². The van der Waals surface area contributed by atoms with E-state index in [2.05, 4.69) is 5.32 Å². The zero-order chi connectivity index (χ0) is 16.7. The number of amides is 2. The van der Waals surface area contributed by atoms with Crippen LogP contribution in [0.1, 0.15) is 35.5 Å². The normalized spacial score (nSPS) is 25.2. The third-order valence-corrected chi connectivity index (χ3v) is 4.81. The lowest BCUT2D eigenvalue weighted by molar-refractivity contribution is -0.142. The molecule has 0 spiro atoms. The number of carbonyl (C=O) groups excluding carboxylic acids is 1. The molecule has 4 rings (SSSR count). The molecule has 1 aliphatic heterocycles. The highest BCUT2D eigenvalue weighted by Gasteiger charge is 2.42. The molecule has 0 saturated heterocycles. The molecular formula is C17H18N2O5. The first-order valence-electron chi connectivity index (χ1n) is 8.02. The molecule has 0 aromatic carbocycles. The van der Waals surface area contributed by atoms with Crippen molar-refractivity contribution in [1.82, 2.24) is 10.2 Å². The third kappa shape index (κ3) is 2.55. The van der Waals surface area contributed by atoms with E-state index in [1.54, 1.807) is 12.3 Å². The quantitative estimate of drug-likeness (QED) is 0.897. The van der Waals surface area contributed by atoms with Gasteiger partial charge in [-0.3, -0.25) is 0 Å². The fraction of sp³-hybridized carbons (Fsp3) is 0.412. The molecule has 126 valence electrons. The van der Waals surface area contributed by atoms with Crippen molar-refractivity contribution in [2.45, 2.75) is 24.8 Å². The van der Waals surface area contributed by atoms with Crippen LogP contribution in [0.25, 0.3) is 0 Å². The lowest BCUT2D eigenvalue weighted by atomic mass is 10.00. The number of carboxylic acid groups (broad SMARTS) is 1. The van der Waals surface area contributed by atoms with Gasteiger partial charge in [0.25, 0.3) is 0 Å². The van der Waals surface area contributed by atoms with E-state index in [0.717, 1.165) is 12.2 Å². The number of aliphatic carboxylic acids is 1. The van der Waals surface area contributed by atoms with E-state index in [4.69, 9.17) is 8.83 Å². The molecule has 7 nitrogen and oxygen atoms in total. The molecule has 3 atom stereocenters. The number of hydrogen-bond acceptors (Lipinski definition) is 4. The summed E-state index contributed by atoms with van der Waals surface area (Å²) in [6.07, 6.45) is 4.62. The number of furan rings is 2. The number of urea groups is 1. The van der Waals surface area contributed by atoms with Crippen molar-refractivity contribution in [2.24, 2.45) is 5.92 Å².